The van der Waals surface area contributed by atoms with Crippen molar-refractivity contribution in [1.82, 2.24) is 0 Å². The molecule has 4 atom stereocenters. The van der Waals surface area contributed by atoms with Crippen LogP contribution in [-0.2, 0) is 15.2 Å². The summed E-state index contributed by atoms with van der Waals surface area (Å²) < 4.78 is 20.7. The highest BCUT2D eigenvalue weighted by atomic mass is 19.1. The molecule has 3 nitrogen and oxygen atoms in total. The normalized spacial score (nSPS) is 32.8. The fourth-order valence-corrected chi connectivity index (χ4v) is 4.53. The van der Waals surface area contributed by atoms with E-state index < -0.39 is 11.6 Å². The smallest absolute Gasteiger partial charge is 0.364 e. The number of carbonyl (C=O) groups is 1. The van der Waals surface area contributed by atoms with Gasteiger partial charge in [0.25, 0.3) is 0 Å². The van der Waals surface area contributed by atoms with Gasteiger partial charge in [-0.25, -0.2) is 9.18 Å². The van der Waals surface area contributed by atoms with Crippen LogP contribution in [0.25, 0.3) is 0 Å². The second-order valence-corrected chi connectivity index (χ2v) is 8.14. The summed E-state index contributed by atoms with van der Waals surface area (Å²) >= 11 is 0. The number of fused-ring (bicyclic) bond motifs is 2. The Morgan fingerprint density at radius 1 is 1.33 bits per heavy atom. The molecule has 2 saturated carbocycles. The predicted octanol–water partition coefficient (Wildman–Crippen LogP) is 4.44. The Bertz CT molecular complexity index is 705. The molecule has 0 aromatic heterocycles. The third-order valence-corrected chi connectivity index (χ3v) is 6.85. The van der Waals surface area contributed by atoms with Gasteiger partial charge in [-0.1, -0.05) is 50.6 Å². The second-order valence-electron chi connectivity index (χ2n) is 8.14. The van der Waals surface area contributed by atoms with E-state index in [-0.39, 0.29) is 22.5 Å². The molecule has 0 N–H and O–H groups in total. The number of carbonyl (C=O) groups excluding carboxylic acids is 1. The quantitative estimate of drug-likeness (QED) is 0.770. The summed E-state index contributed by atoms with van der Waals surface area (Å²) in [5.41, 5.74) is -1.87. The van der Waals surface area contributed by atoms with Crippen LogP contribution < -0.4 is 0 Å². The number of esters is 1. The average Bonchev–Trinajstić information content (AvgIpc) is 2.88. The summed E-state index contributed by atoms with van der Waals surface area (Å²) in [5.74, 6) is -0.598. The molecule has 0 saturated heterocycles. The first-order valence-corrected chi connectivity index (χ1v) is 8.53. The third kappa shape index (κ3) is 2.17. The standard InChI is InChI=1S/C20H24FNO2/c1-13-5-7-14(8-6-13)20(21,12-22)17(23)24-16-11-15-9-10-19(16,4)18(15,2)3/h5-8,15-16H,9-11H2,1-4H3. The summed E-state index contributed by atoms with van der Waals surface area (Å²) in [4.78, 5) is 12.5. The van der Waals surface area contributed by atoms with Crippen molar-refractivity contribution in [3.05, 3.63) is 35.4 Å². The van der Waals surface area contributed by atoms with Gasteiger partial charge in [0.2, 0.25) is 0 Å². The minimum atomic E-state index is -2.75. The number of benzene rings is 1. The molecule has 0 radical (unpaired) electrons. The van der Waals surface area contributed by atoms with Gasteiger partial charge in [-0.3, -0.25) is 0 Å². The molecule has 2 bridgehead atoms. The number of hydrogen-bond donors (Lipinski definition) is 0. The van der Waals surface area contributed by atoms with Crippen LogP contribution in [0.1, 0.15) is 51.2 Å². The van der Waals surface area contributed by atoms with Gasteiger partial charge in [-0.15, -0.1) is 0 Å². The highest BCUT2D eigenvalue weighted by molar-refractivity contribution is 5.85. The zero-order valence-corrected chi connectivity index (χ0v) is 14.7. The van der Waals surface area contributed by atoms with Crippen LogP contribution >= 0.6 is 0 Å². The summed E-state index contributed by atoms with van der Waals surface area (Å²) in [6, 6.07) is 7.86. The van der Waals surface area contributed by atoms with Crippen molar-refractivity contribution in [2.24, 2.45) is 16.7 Å². The Morgan fingerprint density at radius 3 is 2.42 bits per heavy atom. The Balaban J connectivity index is 1.84. The van der Waals surface area contributed by atoms with Gasteiger partial charge in [0.1, 0.15) is 12.2 Å². The van der Waals surface area contributed by atoms with Crippen molar-refractivity contribution in [2.75, 3.05) is 0 Å². The molecule has 2 aliphatic rings. The predicted molar refractivity (Wildman–Crippen MR) is 88.7 cm³/mol. The Morgan fingerprint density at radius 2 is 1.96 bits per heavy atom. The Kier molecular flexibility index (Phi) is 3.75. The lowest BCUT2D eigenvalue weighted by atomic mass is 9.70. The number of ether oxygens (including phenoxy) is 1. The molecule has 0 spiro atoms. The number of halogens is 1. The molecule has 4 unspecified atom stereocenters. The van der Waals surface area contributed by atoms with E-state index in [4.69, 9.17) is 4.74 Å². The summed E-state index contributed by atoms with van der Waals surface area (Å²) in [6.45, 7) is 8.39. The molecule has 1 aromatic rings. The summed E-state index contributed by atoms with van der Waals surface area (Å²) in [7, 11) is 0. The van der Waals surface area contributed by atoms with E-state index in [0.29, 0.717) is 5.92 Å². The van der Waals surface area contributed by atoms with E-state index in [1.165, 1.54) is 18.2 Å². The average molecular weight is 329 g/mol. The van der Waals surface area contributed by atoms with Crippen LogP contribution in [0.15, 0.2) is 24.3 Å². The van der Waals surface area contributed by atoms with Gasteiger partial charge in [-0.2, -0.15) is 5.26 Å². The largest absolute Gasteiger partial charge is 0.458 e. The van der Waals surface area contributed by atoms with E-state index in [1.807, 2.05) is 6.92 Å². The van der Waals surface area contributed by atoms with Crippen molar-refractivity contribution < 1.29 is 13.9 Å². The first kappa shape index (κ1) is 17.0. The summed E-state index contributed by atoms with van der Waals surface area (Å²) in [5, 5.41) is 9.33. The number of aryl methyl sites for hydroxylation is 1. The molecule has 3 rings (SSSR count). The maximum Gasteiger partial charge on any atom is 0.364 e. The van der Waals surface area contributed by atoms with Crippen LogP contribution in [0.5, 0.6) is 0 Å². The highest BCUT2D eigenvalue weighted by Gasteiger charge is 2.63. The van der Waals surface area contributed by atoms with E-state index in [1.54, 1.807) is 12.1 Å². The zero-order valence-electron chi connectivity index (χ0n) is 14.7. The van der Waals surface area contributed by atoms with E-state index in [9.17, 15) is 10.1 Å². The van der Waals surface area contributed by atoms with E-state index >= 15 is 4.39 Å². The fourth-order valence-electron chi connectivity index (χ4n) is 4.53. The minimum Gasteiger partial charge on any atom is -0.458 e. The fraction of sp³-hybridized carbons (Fsp3) is 0.600. The van der Waals surface area contributed by atoms with Crippen LogP contribution in [-0.4, -0.2) is 12.1 Å². The molecule has 2 aliphatic carbocycles. The number of nitrogens with zero attached hydrogens (tertiary/aromatic N) is 1. The van der Waals surface area contributed by atoms with Crippen LogP contribution in [0.3, 0.4) is 0 Å². The molecular formula is C20H24FNO2. The lowest BCUT2D eigenvalue weighted by Crippen LogP contribution is -2.42. The maximum atomic E-state index is 15.2. The van der Waals surface area contributed by atoms with Crippen LogP contribution in [0, 0.1) is 35.0 Å². The molecule has 4 heteroatoms. The van der Waals surface area contributed by atoms with Crippen molar-refractivity contribution in [2.45, 2.75) is 58.7 Å². The van der Waals surface area contributed by atoms with Crippen molar-refractivity contribution >= 4 is 5.97 Å². The van der Waals surface area contributed by atoms with Gasteiger partial charge in [0.15, 0.2) is 0 Å². The third-order valence-electron chi connectivity index (χ3n) is 6.85. The Labute approximate surface area is 142 Å². The number of rotatable bonds is 3. The molecule has 0 aliphatic heterocycles. The lowest BCUT2D eigenvalue weighted by molar-refractivity contribution is -0.168. The van der Waals surface area contributed by atoms with Gasteiger partial charge in [-0.05, 0) is 37.5 Å². The monoisotopic (exact) mass is 329 g/mol. The van der Waals surface area contributed by atoms with Gasteiger partial charge < -0.3 is 4.74 Å². The first-order chi connectivity index (χ1) is 11.1. The van der Waals surface area contributed by atoms with Crippen LogP contribution in [0.4, 0.5) is 4.39 Å². The molecule has 0 amide bonds. The lowest BCUT2D eigenvalue weighted by Gasteiger charge is -2.38. The SMILES string of the molecule is Cc1ccc(C(F)(C#N)C(=O)OC2CC3CCC2(C)C3(C)C)cc1. The molecule has 2 fully saturated rings. The van der Waals surface area contributed by atoms with Gasteiger partial charge in [0.05, 0.1) is 0 Å². The molecule has 128 valence electrons. The Hall–Kier alpha value is -1.89. The maximum absolute atomic E-state index is 15.2. The number of nitriles is 1. The molecule has 1 aromatic carbocycles. The van der Waals surface area contributed by atoms with Crippen molar-refractivity contribution in [3.63, 3.8) is 0 Å². The van der Waals surface area contributed by atoms with E-state index in [2.05, 4.69) is 20.8 Å². The van der Waals surface area contributed by atoms with Crippen molar-refractivity contribution in [3.8, 4) is 6.07 Å². The minimum absolute atomic E-state index is 0.0353. The second kappa shape index (κ2) is 5.31. The molecule has 24 heavy (non-hydrogen) atoms. The van der Waals surface area contributed by atoms with Crippen molar-refractivity contribution in [1.29, 1.82) is 5.26 Å². The first-order valence-electron chi connectivity index (χ1n) is 8.53. The van der Waals surface area contributed by atoms with Crippen LogP contribution in [0.2, 0.25) is 0 Å². The highest BCUT2D eigenvalue weighted by Crippen LogP contribution is 2.66. The molecule has 0 heterocycles. The zero-order chi connectivity index (χ0) is 17.8. The topological polar surface area (TPSA) is 50.1 Å². The number of alkyl halides is 1. The van der Waals surface area contributed by atoms with Gasteiger partial charge in [0, 0.05) is 11.0 Å². The van der Waals surface area contributed by atoms with E-state index in [0.717, 1.165) is 24.8 Å². The molecular weight excluding hydrogens is 305 g/mol. The summed E-state index contributed by atoms with van der Waals surface area (Å²) in [6.07, 6.45) is 2.52. The number of hydrogen-bond acceptors (Lipinski definition) is 3. The van der Waals surface area contributed by atoms with Gasteiger partial charge >= 0.3 is 11.6 Å².